The predicted octanol–water partition coefficient (Wildman–Crippen LogP) is 2.42. The fourth-order valence-corrected chi connectivity index (χ4v) is 3.38. The summed E-state index contributed by atoms with van der Waals surface area (Å²) in [7, 11) is 0. The molecule has 1 fully saturated rings. The van der Waals surface area contributed by atoms with Crippen LogP contribution in [0, 0.1) is 6.92 Å². The first-order valence-electron chi connectivity index (χ1n) is 8.89. The lowest BCUT2D eigenvalue weighted by Gasteiger charge is -2.17. The van der Waals surface area contributed by atoms with E-state index in [0.717, 1.165) is 18.4 Å². The predicted molar refractivity (Wildman–Crippen MR) is 97.7 cm³/mol. The Kier molecular flexibility index (Phi) is 4.45. The molecule has 0 saturated carbocycles. The van der Waals surface area contributed by atoms with E-state index in [0.29, 0.717) is 23.6 Å². The van der Waals surface area contributed by atoms with E-state index in [9.17, 15) is 14.4 Å². The van der Waals surface area contributed by atoms with E-state index in [-0.39, 0.29) is 35.9 Å². The quantitative estimate of drug-likeness (QED) is 0.841. The van der Waals surface area contributed by atoms with Crippen molar-refractivity contribution in [1.82, 2.24) is 9.88 Å². The summed E-state index contributed by atoms with van der Waals surface area (Å²) in [5.41, 5.74) is 1.85. The lowest BCUT2D eigenvalue weighted by atomic mass is 10.1. The Hall–Kier alpha value is -3.06. The maximum Gasteiger partial charge on any atom is 0.261 e. The highest BCUT2D eigenvalue weighted by atomic mass is 16.5. The van der Waals surface area contributed by atoms with Gasteiger partial charge in [0.25, 0.3) is 17.7 Å². The summed E-state index contributed by atoms with van der Waals surface area (Å²) >= 11 is 0. The number of imide groups is 1. The third kappa shape index (κ3) is 3.33. The molecule has 0 spiro atoms. The van der Waals surface area contributed by atoms with Crippen molar-refractivity contribution < 1.29 is 19.1 Å². The van der Waals surface area contributed by atoms with Crippen molar-refractivity contribution in [1.29, 1.82) is 0 Å². The molecule has 1 aromatic carbocycles. The Labute approximate surface area is 156 Å². The van der Waals surface area contributed by atoms with Crippen molar-refractivity contribution in [3.8, 4) is 0 Å². The maximum absolute atomic E-state index is 12.7. The fourth-order valence-electron chi connectivity index (χ4n) is 3.38. The normalized spacial score (nSPS) is 18.7. The highest BCUT2D eigenvalue weighted by Gasteiger charge is 2.37. The number of aromatic nitrogens is 1. The van der Waals surface area contributed by atoms with Crippen molar-refractivity contribution in [2.75, 3.05) is 18.5 Å². The van der Waals surface area contributed by atoms with Gasteiger partial charge in [0.2, 0.25) is 0 Å². The summed E-state index contributed by atoms with van der Waals surface area (Å²) in [6.07, 6.45) is 3.27. The van der Waals surface area contributed by atoms with Crippen LogP contribution in [-0.2, 0) is 4.74 Å². The van der Waals surface area contributed by atoms with Crippen LogP contribution in [0.4, 0.5) is 5.82 Å². The lowest BCUT2D eigenvalue weighted by Crippen LogP contribution is -2.36. The van der Waals surface area contributed by atoms with Gasteiger partial charge in [0.05, 0.1) is 23.8 Å². The molecule has 7 nitrogen and oxygen atoms in total. The van der Waals surface area contributed by atoms with Gasteiger partial charge in [-0.25, -0.2) is 4.98 Å². The number of aryl methyl sites for hydroxylation is 1. The number of hydrogen-bond acceptors (Lipinski definition) is 5. The number of rotatable bonds is 4. The highest BCUT2D eigenvalue weighted by molar-refractivity contribution is 6.22. The number of nitrogens with zero attached hydrogens (tertiary/aromatic N) is 2. The van der Waals surface area contributed by atoms with Crippen LogP contribution in [0.1, 0.15) is 49.5 Å². The minimum atomic E-state index is -0.381. The van der Waals surface area contributed by atoms with Gasteiger partial charge in [-0.15, -0.1) is 0 Å². The van der Waals surface area contributed by atoms with Gasteiger partial charge in [-0.1, -0.05) is 0 Å². The number of amides is 3. The van der Waals surface area contributed by atoms with E-state index in [4.69, 9.17) is 4.74 Å². The second-order valence-electron chi connectivity index (χ2n) is 6.79. The monoisotopic (exact) mass is 365 g/mol. The molecule has 1 unspecified atom stereocenters. The summed E-state index contributed by atoms with van der Waals surface area (Å²) in [6.45, 7) is 2.81. The number of carbonyl (C=O) groups is 3. The molecule has 3 amide bonds. The van der Waals surface area contributed by atoms with Crippen molar-refractivity contribution in [3.63, 3.8) is 0 Å². The van der Waals surface area contributed by atoms with Crippen LogP contribution in [0.2, 0.25) is 0 Å². The minimum absolute atomic E-state index is 0.109. The molecule has 27 heavy (non-hydrogen) atoms. The molecule has 138 valence electrons. The van der Waals surface area contributed by atoms with Crippen molar-refractivity contribution in [3.05, 3.63) is 58.8 Å². The molecule has 0 bridgehead atoms. The Bertz CT molecular complexity index is 935. The topological polar surface area (TPSA) is 88.6 Å². The second kappa shape index (κ2) is 6.92. The van der Waals surface area contributed by atoms with Gasteiger partial charge >= 0.3 is 0 Å². The zero-order valence-corrected chi connectivity index (χ0v) is 14.9. The molecule has 0 aliphatic carbocycles. The number of benzene rings is 1. The summed E-state index contributed by atoms with van der Waals surface area (Å²) in [5.74, 6) is -0.664. The fraction of sp³-hybridized carbons (Fsp3) is 0.300. The van der Waals surface area contributed by atoms with Crippen LogP contribution in [0.15, 0.2) is 36.5 Å². The molecular weight excluding hydrogens is 346 g/mol. The third-order valence-corrected chi connectivity index (χ3v) is 4.80. The van der Waals surface area contributed by atoms with Crippen LogP contribution in [0.5, 0.6) is 0 Å². The number of ether oxygens (including phenoxy) is 1. The molecular formula is C20H19N3O4. The summed E-state index contributed by atoms with van der Waals surface area (Å²) in [6, 6.07) is 8.13. The molecule has 1 atom stereocenters. The molecule has 2 aliphatic heterocycles. The van der Waals surface area contributed by atoms with Crippen LogP contribution < -0.4 is 5.32 Å². The van der Waals surface area contributed by atoms with Gasteiger partial charge < -0.3 is 10.1 Å². The Morgan fingerprint density at radius 2 is 2.04 bits per heavy atom. The molecule has 0 radical (unpaired) electrons. The molecule has 2 aliphatic rings. The first-order valence-corrected chi connectivity index (χ1v) is 8.89. The average Bonchev–Trinajstić information content (AvgIpc) is 3.25. The Morgan fingerprint density at radius 1 is 1.22 bits per heavy atom. The number of anilines is 1. The van der Waals surface area contributed by atoms with Gasteiger partial charge in [0.15, 0.2) is 0 Å². The first kappa shape index (κ1) is 17.4. The van der Waals surface area contributed by atoms with Gasteiger partial charge in [-0.3, -0.25) is 19.3 Å². The number of pyridine rings is 1. The third-order valence-electron chi connectivity index (χ3n) is 4.80. The van der Waals surface area contributed by atoms with Gasteiger partial charge in [0, 0.05) is 18.4 Å². The van der Waals surface area contributed by atoms with Crippen LogP contribution in [-0.4, -0.2) is 46.9 Å². The maximum atomic E-state index is 12.7. The zero-order chi connectivity index (χ0) is 19.0. The van der Waals surface area contributed by atoms with Crippen LogP contribution in [0.25, 0.3) is 0 Å². The number of fused-ring (bicyclic) bond motifs is 1. The summed E-state index contributed by atoms with van der Waals surface area (Å²) in [4.78, 5) is 43.0. The molecule has 4 rings (SSSR count). The number of carbonyl (C=O) groups excluding carboxylic acids is 3. The van der Waals surface area contributed by atoms with E-state index < -0.39 is 0 Å². The smallest absolute Gasteiger partial charge is 0.261 e. The van der Waals surface area contributed by atoms with E-state index in [2.05, 4.69) is 10.3 Å². The number of nitrogens with one attached hydrogen (secondary N) is 1. The van der Waals surface area contributed by atoms with Gasteiger partial charge in [0.1, 0.15) is 5.82 Å². The number of hydrogen-bond donors (Lipinski definition) is 1. The van der Waals surface area contributed by atoms with E-state index in [1.54, 1.807) is 18.3 Å². The molecule has 7 heteroatoms. The SMILES string of the molecule is Cc1ccnc(NC(=O)c2ccc3c(c2)C(=O)N(CC2CCCO2)C3=O)c1. The molecule has 2 aromatic rings. The first-order chi connectivity index (χ1) is 13.0. The minimum Gasteiger partial charge on any atom is -0.376 e. The van der Waals surface area contributed by atoms with E-state index >= 15 is 0 Å². The second-order valence-corrected chi connectivity index (χ2v) is 6.79. The zero-order valence-electron chi connectivity index (χ0n) is 14.9. The lowest BCUT2D eigenvalue weighted by molar-refractivity contribution is 0.0475. The molecule has 1 aromatic heterocycles. The summed E-state index contributed by atoms with van der Waals surface area (Å²) in [5, 5.41) is 2.71. The Balaban J connectivity index is 1.54. The van der Waals surface area contributed by atoms with Crippen molar-refractivity contribution in [2.24, 2.45) is 0 Å². The van der Waals surface area contributed by atoms with E-state index in [1.165, 1.54) is 17.0 Å². The summed E-state index contributed by atoms with van der Waals surface area (Å²) < 4.78 is 5.53. The Morgan fingerprint density at radius 3 is 2.78 bits per heavy atom. The van der Waals surface area contributed by atoms with Gasteiger partial charge in [-0.05, 0) is 55.7 Å². The van der Waals surface area contributed by atoms with E-state index in [1.807, 2.05) is 13.0 Å². The molecule has 3 heterocycles. The molecule has 1 N–H and O–H groups in total. The average molecular weight is 365 g/mol. The highest BCUT2D eigenvalue weighted by Crippen LogP contribution is 2.26. The van der Waals surface area contributed by atoms with Gasteiger partial charge in [-0.2, -0.15) is 0 Å². The standard InChI is InChI=1S/C20H19N3O4/c1-12-6-7-21-17(9-12)22-18(24)13-4-5-15-16(10-13)20(26)23(19(15)25)11-14-3-2-8-27-14/h4-7,9-10,14H,2-3,8,11H2,1H3,(H,21,22,24). The van der Waals surface area contributed by atoms with Crippen molar-refractivity contribution in [2.45, 2.75) is 25.9 Å². The molecule has 1 saturated heterocycles. The van der Waals surface area contributed by atoms with Crippen LogP contribution >= 0.6 is 0 Å². The largest absolute Gasteiger partial charge is 0.376 e. The van der Waals surface area contributed by atoms with Crippen LogP contribution in [0.3, 0.4) is 0 Å². The van der Waals surface area contributed by atoms with Crippen molar-refractivity contribution >= 4 is 23.5 Å².